The second kappa shape index (κ2) is 6.70. The number of amides is 2. The highest BCUT2D eigenvalue weighted by atomic mass is 35.5. The first-order valence-corrected chi connectivity index (χ1v) is 8.35. The van der Waals surface area contributed by atoms with Crippen LogP contribution in [0, 0.1) is 17.0 Å². The van der Waals surface area contributed by atoms with E-state index in [2.05, 4.69) is 0 Å². The SMILES string of the molecule is Cc1ccc(/C=C2/SC(=O)N(c3ccc(Cl)cc3)C2=O)cc1[N+](=O)[O-]. The fourth-order valence-corrected chi connectivity index (χ4v) is 3.31. The molecule has 1 aliphatic heterocycles. The van der Waals surface area contributed by atoms with Crippen molar-refractivity contribution in [2.24, 2.45) is 0 Å². The van der Waals surface area contributed by atoms with Gasteiger partial charge in [0, 0.05) is 16.7 Å². The zero-order chi connectivity index (χ0) is 18.1. The normalized spacial score (nSPS) is 15.9. The molecule has 6 nitrogen and oxygen atoms in total. The van der Waals surface area contributed by atoms with Crippen LogP contribution in [-0.2, 0) is 4.79 Å². The lowest BCUT2D eigenvalue weighted by atomic mass is 10.1. The molecule has 1 fully saturated rings. The number of carbonyl (C=O) groups excluding carboxylic acids is 2. The largest absolute Gasteiger partial charge is 0.298 e. The summed E-state index contributed by atoms with van der Waals surface area (Å²) in [6, 6.07) is 11.0. The average molecular weight is 375 g/mol. The molecule has 1 heterocycles. The summed E-state index contributed by atoms with van der Waals surface area (Å²) < 4.78 is 0. The van der Waals surface area contributed by atoms with Crippen LogP contribution in [0.15, 0.2) is 47.4 Å². The Morgan fingerprint density at radius 1 is 1.16 bits per heavy atom. The van der Waals surface area contributed by atoms with E-state index in [1.807, 2.05) is 0 Å². The predicted molar refractivity (Wildman–Crippen MR) is 97.7 cm³/mol. The molecule has 0 radical (unpaired) electrons. The number of rotatable bonds is 3. The van der Waals surface area contributed by atoms with Crippen LogP contribution < -0.4 is 4.90 Å². The number of carbonyl (C=O) groups is 2. The number of thioether (sulfide) groups is 1. The van der Waals surface area contributed by atoms with Gasteiger partial charge in [0.25, 0.3) is 16.8 Å². The maximum absolute atomic E-state index is 12.5. The van der Waals surface area contributed by atoms with Crippen molar-refractivity contribution < 1.29 is 14.5 Å². The Bertz CT molecular complexity index is 925. The van der Waals surface area contributed by atoms with E-state index in [-0.39, 0.29) is 10.6 Å². The highest BCUT2D eigenvalue weighted by molar-refractivity contribution is 8.19. The first-order valence-electron chi connectivity index (χ1n) is 7.15. The number of hydrogen-bond acceptors (Lipinski definition) is 5. The highest BCUT2D eigenvalue weighted by Crippen LogP contribution is 2.36. The van der Waals surface area contributed by atoms with E-state index < -0.39 is 16.1 Å². The highest BCUT2D eigenvalue weighted by Gasteiger charge is 2.36. The van der Waals surface area contributed by atoms with Gasteiger partial charge < -0.3 is 0 Å². The van der Waals surface area contributed by atoms with Gasteiger partial charge in [-0.05, 0) is 54.6 Å². The number of nitro groups is 1. The molecule has 0 bridgehead atoms. The maximum Gasteiger partial charge on any atom is 0.298 e. The summed E-state index contributed by atoms with van der Waals surface area (Å²) in [6.45, 7) is 1.64. The topological polar surface area (TPSA) is 80.5 Å². The van der Waals surface area contributed by atoms with Gasteiger partial charge in [0.05, 0.1) is 15.5 Å². The molecule has 0 aliphatic carbocycles. The second-order valence-electron chi connectivity index (χ2n) is 5.30. The van der Waals surface area contributed by atoms with Crippen molar-refractivity contribution in [2.45, 2.75) is 6.92 Å². The number of anilines is 1. The third-order valence-corrected chi connectivity index (χ3v) is 4.73. The molecule has 2 aromatic carbocycles. The van der Waals surface area contributed by atoms with E-state index in [1.165, 1.54) is 12.1 Å². The van der Waals surface area contributed by atoms with E-state index in [1.54, 1.807) is 43.3 Å². The van der Waals surface area contributed by atoms with Crippen LogP contribution in [-0.4, -0.2) is 16.1 Å². The van der Waals surface area contributed by atoms with Gasteiger partial charge in [-0.1, -0.05) is 23.7 Å². The quantitative estimate of drug-likeness (QED) is 0.438. The van der Waals surface area contributed by atoms with Crippen LogP contribution in [0.4, 0.5) is 16.2 Å². The molecule has 0 saturated carbocycles. The monoisotopic (exact) mass is 374 g/mol. The van der Waals surface area contributed by atoms with Crippen LogP contribution in [0.5, 0.6) is 0 Å². The number of halogens is 1. The number of hydrogen-bond donors (Lipinski definition) is 0. The number of benzene rings is 2. The molecule has 0 aromatic heterocycles. The third-order valence-electron chi connectivity index (χ3n) is 3.61. The lowest BCUT2D eigenvalue weighted by Gasteiger charge is -2.12. The van der Waals surface area contributed by atoms with Gasteiger partial charge in [-0.25, -0.2) is 4.90 Å². The van der Waals surface area contributed by atoms with Gasteiger partial charge in [0.1, 0.15) is 0 Å². The second-order valence-corrected chi connectivity index (χ2v) is 6.73. The summed E-state index contributed by atoms with van der Waals surface area (Å²) >= 11 is 6.61. The van der Waals surface area contributed by atoms with Gasteiger partial charge in [0.2, 0.25) is 0 Å². The maximum atomic E-state index is 12.5. The lowest BCUT2D eigenvalue weighted by Crippen LogP contribution is -2.27. The van der Waals surface area contributed by atoms with Crippen LogP contribution in [0.2, 0.25) is 5.02 Å². The standard InChI is InChI=1S/C17H11ClN2O4S/c1-10-2-3-11(8-14(10)20(23)24)9-15-16(21)19(17(22)25-15)13-6-4-12(18)5-7-13/h2-9H,1H3/b15-9+. The summed E-state index contributed by atoms with van der Waals surface area (Å²) in [4.78, 5) is 36.5. The van der Waals surface area contributed by atoms with Crippen molar-refractivity contribution >= 4 is 52.0 Å². The molecule has 8 heteroatoms. The summed E-state index contributed by atoms with van der Waals surface area (Å²) in [7, 11) is 0. The summed E-state index contributed by atoms with van der Waals surface area (Å²) in [6.07, 6.45) is 1.48. The fraction of sp³-hybridized carbons (Fsp3) is 0.0588. The molecule has 0 N–H and O–H groups in total. The van der Waals surface area contributed by atoms with Gasteiger partial charge in [0.15, 0.2) is 0 Å². The first-order chi connectivity index (χ1) is 11.9. The molecule has 126 valence electrons. The Morgan fingerprint density at radius 3 is 2.48 bits per heavy atom. The van der Waals surface area contributed by atoms with Crippen molar-refractivity contribution in [3.63, 3.8) is 0 Å². The van der Waals surface area contributed by atoms with Crippen LogP contribution in [0.3, 0.4) is 0 Å². The molecule has 2 aromatic rings. The van der Waals surface area contributed by atoms with Crippen molar-refractivity contribution in [3.8, 4) is 0 Å². The number of nitro benzene ring substituents is 1. The van der Waals surface area contributed by atoms with Crippen LogP contribution in [0.25, 0.3) is 6.08 Å². The van der Waals surface area contributed by atoms with Gasteiger partial charge >= 0.3 is 0 Å². The molecule has 1 saturated heterocycles. The summed E-state index contributed by atoms with van der Waals surface area (Å²) in [5.41, 5.74) is 1.39. The smallest absolute Gasteiger partial charge is 0.268 e. The van der Waals surface area contributed by atoms with E-state index in [9.17, 15) is 19.7 Å². The van der Waals surface area contributed by atoms with E-state index in [0.29, 0.717) is 21.8 Å². The molecular formula is C17H11ClN2O4S. The van der Waals surface area contributed by atoms with Crippen molar-refractivity contribution in [3.05, 3.63) is 73.6 Å². The predicted octanol–water partition coefficient (Wildman–Crippen LogP) is 4.80. The molecule has 2 amide bonds. The van der Waals surface area contributed by atoms with Crippen molar-refractivity contribution in [2.75, 3.05) is 4.90 Å². The average Bonchev–Trinajstić information content (AvgIpc) is 2.84. The molecule has 0 atom stereocenters. The number of imide groups is 1. The van der Waals surface area contributed by atoms with Gasteiger partial charge in [-0.15, -0.1) is 0 Å². The Hall–Kier alpha value is -2.64. The molecular weight excluding hydrogens is 364 g/mol. The molecule has 25 heavy (non-hydrogen) atoms. The van der Waals surface area contributed by atoms with E-state index in [0.717, 1.165) is 16.7 Å². The molecule has 3 rings (SSSR count). The van der Waals surface area contributed by atoms with Gasteiger partial charge in [-0.2, -0.15) is 0 Å². The Balaban J connectivity index is 1.94. The molecule has 0 spiro atoms. The van der Waals surface area contributed by atoms with Crippen LogP contribution >= 0.6 is 23.4 Å². The Morgan fingerprint density at radius 2 is 1.84 bits per heavy atom. The van der Waals surface area contributed by atoms with Gasteiger partial charge in [-0.3, -0.25) is 19.7 Å². The third kappa shape index (κ3) is 3.42. The first kappa shape index (κ1) is 17.2. The zero-order valence-electron chi connectivity index (χ0n) is 12.9. The minimum Gasteiger partial charge on any atom is -0.268 e. The minimum absolute atomic E-state index is 0.0364. The molecule has 0 unspecified atom stereocenters. The lowest BCUT2D eigenvalue weighted by molar-refractivity contribution is -0.385. The number of nitrogens with zero attached hydrogens (tertiary/aromatic N) is 2. The molecule has 1 aliphatic rings. The van der Waals surface area contributed by atoms with Crippen molar-refractivity contribution in [1.29, 1.82) is 0 Å². The summed E-state index contributed by atoms with van der Waals surface area (Å²) in [5, 5.41) is 11.1. The Labute approximate surface area is 152 Å². The van der Waals surface area contributed by atoms with Crippen LogP contribution in [0.1, 0.15) is 11.1 Å². The zero-order valence-corrected chi connectivity index (χ0v) is 14.5. The summed E-state index contributed by atoms with van der Waals surface area (Å²) in [5.74, 6) is -0.472. The van der Waals surface area contributed by atoms with E-state index >= 15 is 0 Å². The Kier molecular flexibility index (Phi) is 4.61. The minimum atomic E-state index is -0.480. The fourth-order valence-electron chi connectivity index (χ4n) is 2.34. The van der Waals surface area contributed by atoms with Crippen molar-refractivity contribution in [1.82, 2.24) is 0 Å². The van der Waals surface area contributed by atoms with E-state index in [4.69, 9.17) is 11.6 Å². The number of aryl methyl sites for hydroxylation is 1.